The zero-order valence-electron chi connectivity index (χ0n) is 10.9. The Balaban J connectivity index is 1.60. The van der Waals surface area contributed by atoms with E-state index in [4.69, 9.17) is 9.78 Å². The maximum absolute atomic E-state index is 8.83. The van der Waals surface area contributed by atoms with Gasteiger partial charge in [0.1, 0.15) is 11.8 Å². The molecule has 2 bridgehead atoms. The summed E-state index contributed by atoms with van der Waals surface area (Å²) >= 11 is 0. The lowest BCUT2D eigenvalue weighted by Gasteiger charge is -2.46. The minimum atomic E-state index is 0.223. The van der Waals surface area contributed by atoms with Crippen LogP contribution in [0.2, 0.25) is 0 Å². The molecule has 3 aliphatic rings. The fourth-order valence-corrected chi connectivity index (χ4v) is 2.92. The lowest BCUT2D eigenvalue weighted by molar-refractivity contribution is 0.00781. The second-order valence-corrected chi connectivity index (χ2v) is 5.22. The van der Waals surface area contributed by atoms with Gasteiger partial charge >= 0.3 is 0 Å². The number of aromatic amines is 1. The van der Waals surface area contributed by atoms with Gasteiger partial charge in [-0.15, -0.1) is 0 Å². The molecule has 0 aromatic carbocycles. The fourth-order valence-electron chi connectivity index (χ4n) is 2.92. The molecule has 2 aromatic rings. The van der Waals surface area contributed by atoms with Crippen molar-refractivity contribution in [1.82, 2.24) is 24.9 Å². The summed E-state index contributed by atoms with van der Waals surface area (Å²) < 4.78 is 5.32. The molecule has 7 heteroatoms. The van der Waals surface area contributed by atoms with Crippen molar-refractivity contribution in [3.05, 3.63) is 23.7 Å². The highest BCUT2D eigenvalue weighted by Crippen LogP contribution is 2.28. The quantitative estimate of drug-likeness (QED) is 0.860. The molecule has 0 amide bonds. The molecule has 0 spiro atoms. The van der Waals surface area contributed by atoms with Crippen LogP contribution in [0.5, 0.6) is 0 Å². The average molecular weight is 270 g/mol. The lowest BCUT2D eigenvalue weighted by atomic mass is 10.1. The van der Waals surface area contributed by atoms with Crippen LogP contribution in [0, 0.1) is 11.3 Å². The molecule has 7 nitrogen and oxygen atoms in total. The van der Waals surface area contributed by atoms with Crippen LogP contribution >= 0.6 is 0 Å². The van der Waals surface area contributed by atoms with E-state index in [0.29, 0.717) is 17.1 Å². The monoisotopic (exact) mass is 270 g/mol. The van der Waals surface area contributed by atoms with Crippen molar-refractivity contribution >= 4 is 0 Å². The Morgan fingerprint density at radius 2 is 2.20 bits per heavy atom. The van der Waals surface area contributed by atoms with Gasteiger partial charge in [0, 0.05) is 38.9 Å². The maximum atomic E-state index is 8.83. The summed E-state index contributed by atoms with van der Waals surface area (Å²) in [5, 5.41) is 12.9. The summed E-state index contributed by atoms with van der Waals surface area (Å²) in [7, 11) is 0. The number of H-pyrrole nitrogens is 1. The number of piperazine rings is 3. The molecule has 0 aliphatic carbocycles. The number of hydrogen-bond acceptors (Lipinski definition) is 6. The summed E-state index contributed by atoms with van der Waals surface area (Å²) in [5.41, 5.74) is 1.25. The van der Waals surface area contributed by atoms with Crippen molar-refractivity contribution in [3.8, 4) is 17.7 Å². The number of hydrogen-bond donors (Lipinski definition) is 1. The van der Waals surface area contributed by atoms with E-state index >= 15 is 0 Å². The number of rotatable bonds is 2. The first kappa shape index (κ1) is 11.6. The van der Waals surface area contributed by atoms with Crippen molar-refractivity contribution in [3.63, 3.8) is 0 Å². The molecule has 5 rings (SSSR count). The third-order valence-electron chi connectivity index (χ3n) is 4.06. The van der Waals surface area contributed by atoms with Crippen LogP contribution in [0.4, 0.5) is 0 Å². The molecule has 2 aromatic heterocycles. The molecule has 3 aliphatic heterocycles. The molecular formula is C13H14N6O. The smallest absolute Gasteiger partial charge is 0.274 e. The molecular weight excluding hydrogens is 256 g/mol. The predicted molar refractivity (Wildman–Crippen MR) is 69.6 cm³/mol. The van der Waals surface area contributed by atoms with Gasteiger partial charge in [0.15, 0.2) is 5.82 Å². The first-order valence-corrected chi connectivity index (χ1v) is 6.72. The summed E-state index contributed by atoms with van der Waals surface area (Å²) in [6.07, 6.45) is 1.64. The molecule has 3 fully saturated rings. The SMILES string of the molecule is N#Cc1c[nH]c(-c2nc(C3CN4CCN3CC4)no2)c1. The van der Waals surface area contributed by atoms with E-state index in [2.05, 4.69) is 31.0 Å². The Morgan fingerprint density at radius 1 is 1.35 bits per heavy atom. The molecule has 102 valence electrons. The van der Waals surface area contributed by atoms with E-state index < -0.39 is 0 Å². The first-order chi connectivity index (χ1) is 9.83. The molecule has 1 unspecified atom stereocenters. The van der Waals surface area contributed by atoms with Gasteiger partial charge in [-0.3, -0.25) is 9.80 Å². The van der Waals surface area contributed by atoms with Crippen LogP contribution in [0.25, 0.3) is 11.6 Å². The molecule has 1 atom stereocenters. The van der Waals surface area contributed by atoms with Crippen LogP contribution in [-0.4, -0.2) is 57.6 Å². The van der Waals surface area contributed by atoms with Gasteiger partial charge in [0.25, 0.3) is 5.89 Å². The van der Waals surface area contributed by atoms with Gasteiger partial charge in [0.2, 0.25) is 0 Å². The van der Waals surface area contributed by atoms with Gasteiger partial charge in [-0.05, 0) is 6.07 Å². The van der Waals surface area contributed by atoms with E-state index in [-0.39, 0.29) is 6.04 Å². The Hall–Kier alpha value is -2.17. The van der Waals surface area contributed by atoms with Crippen molar-refractivity contribution in [2.45, 2.75) is 6.04 Å². The van der Waals surface area contributed by atoms with Crippen LogP contribution in [0.1, 0.15) is 17.4 Å². The Morgan fingerprint density at radius 3 is 2.85 bits per heavy atom. The number of nitrogens with one attached hydrogen (secondary N) is 1. The van der Waals surface area contributed by atoms with Gasteiger partial charge in [-0.25, -0.2) is 0 Å². The van der Waals surface area contributed by atoms with E-state index in [1.807, 2.05) is 0 Å². The van der Waals surface area contributed by atoms with Crippen molar-refractivity contribution in [1.29, 1.82) is 5.26 Å². The second kappa shape index (κ2) is 4.44. The van der Waals surface area contributed by atoms with Gasteiger partial charge in [0.05, 0.1) is 11.6 Å². The third kappa shape index (κ3) is 1.81. The van der Waals surface area contributed by atoms with Crippen LogP contribution in [0.15, 0.2) is 16.8 Å². The van der Waals surface area contributed by atoms with E-state index in [9.17, 15) is 0 Å². The fraction of sp³-hybridized carbons (Fsp3) is 0.462. The van der Waals surface area contributed by atoms with E-state index in [1.54, 1.807) is 12.3 Å². The molecule has 5 heterocycles. The molecule has 20 heavy (non-hydrogen) atoms. The number of nitriles is 1. The van der Waals surface area contributed by atoms with Gasteiger partial charge < -0.3 is 9.51 Å². The summed E-state index contributed by atoms with van der Waals surface area (Å²) in [4.78, 5) is 12.3. The van der Waals surface area contributed by atoms with Crippen molar-refractivity contribution in [2.24, 2.45) is 0 Å². The van der Waals surface area contributed by atoms with E-state index in [0.717, 1.165) is 38.5 Å². The number of fused-ring (bicyclic) bond motifs is 3. The number of nitrogens with zero attached hydrogens (tertiary/aromatic N) is 5. The lowest BCUT2D eigenvalue weighted by Crippen LogP contribution is -2.57. The molecule has 0 radical (unpaired) electrons. The third-order valence-corrected chi connectivity index (χ3v) is 4.06. The molecule has 1 N–H and O–H groups in total. The van der Waals surface area contributed by atoms with Crippen molar-refractivity contribution in [2.75, 3.05) is 32.7 Å². The van der Waals surface area contributed by atoms with Gasteiger partial charge in [-0.2, -0.15) is 10.2 Å². The largest absolute Gasteiger partial charge is 0.356 e. The van der Waals surface area contributed by atoms with Crippen LogP contribution in [-0.2, 0) is 0 Å². The molecule has 3 saturated heterocycles. The van der Waals surface area contributed by atoms with Crippen LogP contribution < -0.4 is 0 Å². The van der Waals surface area contributed by atoms with Crippen molar-refractivity contribution < 1.29 is 4.52 Å². The van der Waals surface area contributed by atoms with Gasteiger partial charge in [-0.1, -0.05) is 5.16 Å². The summed E-state index contributed by atoms with van der Waals surface area (Å²) in [6, 6.07) is 4.01. The summed E-state index contributed by atoms with van der Waals surface area (Å²) in [6.45, 7) is 5.35. The normalized spacial score (nSPS) is 28.4. The minimum Gasteiger partial charge on any atom is -0.356 e. The molecule has 0 saturated carbocycles. The number of aromatic nitrogens is 3. The topological polar surface area (TPSA) is 85.0 Å². The van der Waals surface area contributed by atoms with E-state index in [1.165, 1.54) is 0 Å². The zero-order valence-corrected chi connectivity index (χ0v) is 10.9. The summed E-state index contributed by atoms with van der Waals surface area (Å²) in [5.74, 6) is 1.18. The van der Waals surface area contributed by atoms with Crippen LogP contribution in [0.3, 0.4) is 0 Å². The maximum Gasteiger partial charge on any atom is 0.274 e. The average Bonchev–Trinajstić information content (AvgIpc) is 3.17. The second-order valence-electron chi connectivity index (χ2n) is 5.22. The minimum absolute atomic E-state index is 0.223. The first-order valence-electron chi connectivity index (χ1n) is 6.72. The highest BCUT2D eigenvalue weighted by Gasteiger charge is 2.35. The standard InChI is InChI=1S/C13H14N6O/c14-6-9-5-10(15-7-9)13-16-12(17-20-13)11-8-18-1-3-19(11)4-2-18/h5,7,11,15H,1-4,8H2. The Bertz CT molecular complexity index is 660. The highest BCUT2D eigenvalue weighted by atomic mass is 16.5. The predicted octanol–water partition coefficient (Wildman–Crippen LogP) is 0.609. The highest BCUT2D eigenvalue weighted by molar-refractivity contribution is 5.51. The zero-order chi connectivity index (χ0) is 13.5. The Labute approximate surface area is 115 Å². The Kier molecular flexibility index (Phi) is 2.58.